The number of nitrogens with zero attached hydrogens (tertiary/aromatic N) is 4. The van der Waals surface area contributed by atoms with Gasteiger partial charge in [-0.15, -0.1) is 5.06 Å². The van der Waals surface area contributed by atoms with Gasteiger partial charge >= 0.3 is 5.97 Å². The third kappa shape index (κ3) is 7.91. The van der Waals surface area contributed by atoms with Crippen molar-refractivity contribution in [3.05, 3.63) is 30.1 Å². The van der Waals surface area contributed by atoms with Crippen LogP contribution in [0.3, 0.4) is 0 Å². The molecule has 0 atom stereocenters. The Kier molecular flexibility index (Phi) is 8.97. The van der Waals surface area contributed by atoms with E-state index in [2.05, 4.69) is 36.2 Å². The van der Waals surface area contributed by atoms with Gasteiger partial charge in [0.25, 0.3) is 23.6 Å². The van der Waals surface area contributed by atoms with Crippen LogP contribution in [0.1, 0.15) is 31.2 Å². The Morgan fingerprint density at radius 1 is 0.972 bits per heavy atom. The van der Waals surface area contributed by atoms with Crippen molar-refractivity contribution in [2.45, 2.75) is 69.6 Å². The molecule has 1 aromatic rings. The van der Waals surface area contributed by atoms with Crippen LogP contribution in [-0.2, 0) is 39.5 Å². The quantitative estimate of drug-likeness (QED) is 0.165. The minimum Gasteiger partial charge on any atom is -0.455 e. The third-order valence-corrected chi connectivity index (χ3v) is 15.2. The summed E-state index contributed by atoms with van der Waals surface area (Å²) in [5.41, 5.74) is 0.669. The van der Waals surface area contributed by atoms with Gasteiger partial charge in [0.2, 0.25) is 0 Å². The van der Waals surface area contributed by atoms with Crippen molar-refractivity contribution in [2.24, 2.45) is 0 Å². The summed E-state index contributed by atoms with van der Waals surface area (Å²) in [6.45, 7) is 8.59. The lowest BCUT2D eigenvalue weighted by atomic mass is 10.3. The van der Waals surface area contributed by atoms with Crippen molar-refractivity contribution in [3.63, 3.8) is 0 Å². The Bertz CT molecular complexity index is 1040. The zero-order valence-corrected chi connectivity index (χ0v) is 23.6. The third-order valence-electron chi connectivity index (χ3n) is 5.38. The van der Waals surface area contributed by atoms with Gasteiger partial charge < -0.3 is 8.95 Å². The van der Waals surface area contributed by atoms with Crippen LogP contribution >= 0.6 is 11.8 Å². The van der Waals surface area contributed by atoms with E-state index >= 15 is 0 Å². The molecule has 0 unspecified atom stereocenters. The molecule has 0 N–H and O–H groups in total. The van der Waals surface area contributed by atoms with Gasteiger partial charge in [-0.05, 0) is 38.7 Å². The number of aromatic nitrogens is 2. The normalized spacial score (nSPS) is 16.4. The molecule has 1 fully saturated rings. The molecule has 3 rings (SSSR count). The van der Waals surface area contributed by atoms with Crippen LogP contribution in [0.4, 0.5) is 0 Å². The van der Waals surface area contributed by atoms with Gasteiger partial charge in [-0.2, -0.15) is 0 Å². The van der Waals surface area contributed by atoms with Crippen LogP contribution in [0.5, 0.6) is 0 Å². The molecule has 14 heteroatoms. The second-order valence-corrected chi connectivity index (χ2v) is 19.9. The summed E-state index contributed by atoms with van der Waals surface area (Å²) in [7, 11) is -4.16. The average Bonchev–Trinajstić information content (AvgIpc) is 3.28. The van der Waals surface area contributed by atoms with Gasteiger partial charge in [-0.1, -0.05) is 11.8 Å². The van der Waals surface area contributed by atoms with E-state index in [9.17, 15) is 24.0 Å². The highest BCUT2D eigenvalue weighted by atomic mass is 32.2. The number of hydrogen-bond acceptors (Lipinski definition) is 10. The second-order valence-electron chi connectivity index (χ2n) is 9.78. The first kappa shape index (κ1) is 27.9. The monoisotopic (exact) mass is 550 g/mol. The first-order valence-electron chi connectivity index (χ1n) is 11.6. The van der Waals surface area contributed by atoms with E-state index in [1.165, 1.54) is 23.9 Å². The molecule has 0 saturated carbocycles. The first-order chi connectivity index (χ1) is 16.8. The van der Waals surface area contributed by atoms with E-state index in [0.717, 1.165) is 16.3 Å². The van der Waals surface area contributed by atoms with Crippen molar-refractivity contribution in [1.82, 2.24) is 19.9 Å². The number of carbonyl (C=O) groups is 5. The van der Waals surface area contributed by atoms with Crippen molar-refractivity contribution in [1.29, 1.82) is 0 Å². The molecular weight excluding hydrogens is 521 g/mol. The fraction of sp³-hybridized carbons (Fsp3) is 0.500. The van der Waals surface area contributed by atoms with Crippen LogP contribution in [0, 0.1) is 0 Å². The second kappa shape index (κ2) is 11.6. The van der Waals surface area contributed by atoms with Crippen LogP contribution in [-0.4, -0.2) is 71.5 Å². The van der Waals surface area contributed by atoms with Crippen molar-refractivity contribution in [3.8, 4) is 0 Å². The highest BCUT2D eigenvalue weighted by Gasteiger charge is 2.35. The Morgan fingerprint density at radius 2 is 1.56 bits per heavy atom. The minimum absolute atomic E-state index is 0.0745. The van der Waals surface area contributed by atoms with Gasteiger partial charge in [0, 0.05) is 54.7 Å². The fourth-order valence-corrected chi connectivity index (χ4v) is 14.1. The van der Waals surface area contributed by atoms with Crippen LogP contribution in [0.2, 0.25) is 32.2 Å². The lowest BCUT2D eigenvalue weighted by Gasteiger charge is -2.33. The first-order valence-corrected chi connectivity index (χ1v) is 18.8. The molecule has 1 saturated heterocycles. The number of rotatable bonds is 12. The zero-order chi connectivity index (χ0) is 26.5. The van der Waals surface area contributed by atoms with Crippen molar-refractivity contribution < 1.29 is 32.9 Å². The van der Waals surface area contributed by atoms with Gasteiger partial charge in [0.1, 0.15) is 0 Å². The van der Waals surface area contributed by atoms with E-state index < -0.39 is 34.4 Å². The van der Waals surface area contributed by atoms with E-state index in [1.807, 2.05) is 0 Å². The molecular formula is C22H30N4O7SSi2. The molecule has 0 aliphatic carbocycles. The molecule has 0 spiro atoms. The maximum absolute atomic E-state index is 12.0. The van der Waals surface area contributed by atoms with E-state index in [-0.39, 0.29) is 37.6 Å². The molecule has 11 nitrogen and oxygen atoms in total. The number of hydroxylamine groups is 2. The summed E-state index contributed by atoms with van der Waals surface area (Å²) in [4.78, 5) is 73.3. The standard InChI is InChI=1S/C22H30N4O7SSi2/c1-35(2,11-5-6-21(31)32-26-19(29)9-10-20(26)30)33-36(3,4)15-34-22-23-12-16(13-24-22)14-25-17(27)7-8-18(25)28/h7-8,12-13H,5-6,9-11,14-15H2,1-4H3. The smallest absolute Gasteiger partial charge is 0.333 e. The maximum Gasteiger partial charge on any atom is 0.333 e. The lowest BCUT2D eigenvalue weighted by Crippen LogP contribution is -2.46. The summed E-state index contributed by atoms with van der Waals surface area (Å²) >= 11 is 1.50. The Labute approximate surface area is 215 Å². The predicted molar refractivity (Wildman–Crippen MR) is 135 cm³/mol. The largest absolute Gasteiger partial charge is 0.455 e. The highest BCUT2D eigenvalue weighted by Crippen LogP contribution is 2.26. The van der Waals surface area contributed by atoms with Gasteiger partial charge in [0.15, 0.2) is 21.8 Å². The van der Waals surface area contributed by atoms with E-state index in [0.29, 0.717) is 22.2 Å². The van der Waals surface area contributed by atoms with Gasteiger partial charge in [-0.25, -0.2) is 14.8 Å². The number of carbonyl (C=O) groups excluding carboxylic acids is 5. The zero-order valence-electron chi connectivity index (χ0n) is 20.8. The number of thioether (sulfide) groups is 1. The van der Waals surface area contributed by atoms with E-state index in [4.69, 9.17) is 8.95 Å². The number of hydrogen-bond donors (Lipinski definition) is 0. The molecule has 36 heavy (non-hydrogen) atoms. The molecule has 2 aliphatic rings. The predicted octanol–water partition coefficient (Wildman–Crippen LogP) is 2.35. The highest BCUT2D eigenvalue weighted by molar-refractivity contribution is 8.00. The van der Waals surface area contributed by atoms with E-state index in [1.54, 1.807) is 12.4 Å². The summed E-state index contributed by atoms with van der Waals surface area (Å²) in [5, 5.41) is 1.90. The molecule has 4 amide bonds. The Balaban J connectivity index is 1.41. The van der Waals surface area contributed by atoms with Crippen LogP contribution < -0.4 is 0 Å². The average molecular weight is 551 g/mol. The van der Waals surface area contributed by atoms with Gasteiger partial charge in [0.05, 0.1) is 6.54 Å². The molecule has 194 valence electrons. The molecule has 1 aromatic heterocycles. The summed E-state index contributed by atoms with van der Waals surface area (Å²) in [6, 6.07) is 0.735. The number of amides is 4. The lowest BCUT2D eigenvalue weighted by molar-refractivity contribution is -0.197. The number of imide groups is 2. The topological polar surface area (TPSA) is 136 Å². The summed E-state index contributed by atoms with van der Waals surface area (Å²) < 4.78 is 6.57. The van der Waals surface area contributed by atoms with Gasteiger partial charge in [-0.3, -0.25) is 24.1 Å². The Hall–Kier alpha value is -2.69. The molecule has 0 aromatic carbocycles. The summed E-state index contributed by atoms with van der Waals surface area (Å²) in [5.74, 6) is -2.24. The molecule has 0 radical (unpaired) electrons. The molecule has 0 bridgehead atoms. The SMILES string of the molecule is C[Si](C)(CCCC(=O)ON1C(=O)CCC1=O)O[Si](C)(C)CSc1ncc(CN2C(=O)C=CC2=O)cn1. The van der Waals surface area contributed by atoms with Crippen molar-refractivity contribution >= 4 is 58.0 Å². The summed E-state index contributed by atoms with van der Waals surface area (Å²) in [6.07, 6.45) is 6.53. The van der Waals surface area contributed by atoms with Crippen molar-refractivity contribution in [2.75, 3.05) is 5.38 Å². The Morgan fingerprint density at radius 3 is 2.14 bits per heavy atom. The van der Waals surface area contributed by atoms with Crippen LogP contribution in [0.25, 0.3) is 0 Å². The maximum atomic E-state index is 12.0. The van der Waals surface area contributed by atoms with Crippen LogP contribution in [0.15, 0.2) is 29.7 Å². The minimum atomic E-state index is -2.08. The molecule has 3 heterocycles. The fourth-order valence-electron chi connectivity index (χ4n) is 3.80. The molecule has 2 aliphatic heterocycles.